The third-order valence-electron chi connectivity index (χ3n) is 2.50. The van der Waals surface area contributed by atoms with Crippen molar-refractivity contribution in [1.82, 2.24) is 15.5 Å². The number of nitrogens with one attached hydrogen (secondary N) is 2. The SMILES string of the molecule is Cc1ccc([C@H](O)CNC(=O)Nc2nncs2)cc1. The Balaban J connectivity index is 1.81. The summed E-state index contributed by atoms with van der Waals surface area (Å²) >= 11 is 1.23. The van der Waals surface area contributed by atoms with Crippen molar-refractivity contribution in [2.45, 2.75) is 13.0 Å². The number of carbonyl (C=O) groups is 1. The lowest BCUT2D eigenvalue weighted by atomic mass is 10.1. The maximum absolute atomic E-state index is 11.5. The van der Waals surface area contributed by atoms with Crippen molar-refractivity contribution in [1.29, 1.82) is 0 Å². The first kappa shape index (κ1) is 13.4. The number of hydrogen-bond acceptors (Lipinski definition) is 5. The molecule has 0 bridgehead atoms. The fraction of sp³-hybridized carbons (Fsp3) is 0.250. The lowest BCUT2D eigenvalue weighted by Gasteiger charge is -2.12. The van der Waals surface area contributed by atoms with E-state index in [2.05, 4.69) is 20.8 Å². The first-order valence-corrected chi connectivity index (χ1v) is 6.59. The summed E-state index contributed by atoms with van der Waals surface area (Å²) in [5, 5.41) is 22.7. The molecule has 7 heteroatoms. The molecule has 0 fully saturated rings. The Bertz CT molecular complexity index is 527. The van der Waals surface area contributed by atoms with Crippen LogP contribution in [0.25, 0.3) is 0 Å². The second-order valence-electron chi connectivity index (χ2n) is 4.01. The summed E-state index contributed by atoms with van der Waals surface area (Å²) in [6.45, 7) is 2.11. The molecule has 0 spiro atoms. The van der Waals surface area contributed by atoms with Gasteiger partial charge in [0.15, 0.2) is 0 Å². The standard InChI is InChI=1S/C12H14N4O2S/c1-8-2-4-9(5-3-8)10(17)6-13-11(18)15-12-16-14-7-19-12/h2-5,7,10,17H,6H2,1H3,(H2,13,15,16,18)/t10-/m1/s1. The van der Waals surface area contributed by atoms with Crippen LogP contribution in [0.2, 0.25) is 0 Å². The molecule has 0 unspecified atom stereocenters. The summed E-state index contributed by atoms with van der Waals surface area (Å²) < 4.78 is 0. The van der Waals surface area contributed by atoms with Gasteiger partial charge in [-0.15, -0.1) is 10.2 Å². The van der Waals surface area contributed by atoms with Crippen LogP contribution in [0.4, 0.5) is 9.93 Å². The van der Waals surface area contributed by atoms with E-state index in [-0.39, 0.29) is 6.54 Å². The van der Waals surface area contributed by atoms with Crippen molar-refractivity contribution in [3.8, 4) is 0 Å². The summed E-state index contributed by atoms with van der Waals surface area (Å²) in [6.07, 6.45) is -0.735. The Labute approximate surface area is 114 Å². The van der Waals surface area contributed by atoms with E-state index in [1.807, 2.05) is 31.2 Å². The van der Waals surface area contributed by atoms with Gasteiger partial charge < -0.3 is 10.4 Å². The number of anilines is 1. The minimum Gasteiger partial charge on any atom is -0.387 e. The van der Waals surface area contributed by atoms with Gasteiger partial charge in [-0.05, 0) is 12.5 Å². The molecule has 0 saturated heterocycles. The van der Waals surface area contributed by atoms with Crippen molar-refractivity contribution < 1.29 is 9.90 Å². The van der Waals surface area contributed by atoms with Gasteiger partial charge in [0.1, 0.15) is 5.51 Å². The van der Waals surface area contributed by atoms with Crippen LogP contribution in [-0.2, 0) is 0 Å². The number of aryl methyl sites for hydroxylation is 1. The molecule has 0 aliphatic carbocycles. The molecule has 19 heavy (non-hydrogen) atoms. The highest BCUT2D eigenvalue weighted by Crippen LogP contribution is 2.13. The van der Waals surface area contributed by atoms with Gasteiger partial charge >= 0.3 is 6.03 Å². The van der Waals surface area contributed by atoms with Gasteiger partial charge in [-0.2, -0.15) is 0 Å². The van der Waals surface area contributed by atoms with Crippen LogP contribution in [0.1, 0.15) is 17.2 Å². The molecule has 1 aromatic carbocycles. The van der Waals surface area contributed by atoms with E-state index < -0.39 is 12.1 Å². The Hall–Kier alpha value is -1.99. The van der Waals surface area contributed by atoms with Gasteiger partial charge in [-0.25, -0.2) is 4.79 Å². The van der Waals surface area contributed by atoms with E-state index in [1.54, 1.807) is 0 Å². The van der Waals surface area contributed by atoms with Crippen LogP contribution < -0.4 is 10.6 Å². The van der Waals surface area contributed by atoms with Crippen molar-refractivity contribution >= 4 is 22.5 Å². The van der Waals surface area contributed by atoms with E-state index in [4.69, 9.17) is 0 Å². The van der Waals surface area contributed by atoms with Crippen molar-refractivity contribution in [2.24, 2.45) is 0 Å². The Kier molecular flexibility index (Phi) is 4.43. The molecule has 3 N–H and O–H groups in total. The van der Waals surface area contributed by atoms with Crippen molar-refractivity contribution in [2.75, 3.05) is 11.9 Å². The molecule has 2 amide bonds. The van der Waals surface area contributed by atoms with E-state index >= 15 is 0 Å². The van der Waals surface area contributed by atoms with Gasteiger partial charge in [-0.3, -0.25) is 5.32 Å². The van der Waals surface area contributed by atoms with Crippen molar-refractivity contribution in [3.63, 3.8) is 0 Å². The molecule has 0 radical (unpaired) electrons. The Morgan fingerprint density at radius 2 is 2.16 bits per heavy atom. The molecule has 1 aromatic heterocycles. The molecule has 0 aliphatic heterocycles. The number of aromatic nitrogens is 2. The van der Waals surface area contributed by atoms with E-state index in [1.165, 1.54) is 16.8 Å². The zero-order valence-electron chi connectivity index (χ0n) is 10.3. The molecule has 0 aliphatic rings. The minimum atomic E-state index is -0.735. The Morgan fingerprint density at radius 1 is 1.42 bits per heavy atom. The van der Waals surface area contributed by atoms with E-state index in [0.717, 1.165) is 11.1 Å². The lowest BCUT2D eigenvalue weighted by molar-refractivity contribution is 0.175. The minimum absolute atomic E-state index is 0.133. The number of urea groups is 1. The number of aliphatic hydroxyl groups is 1. The van der Waals surface area contributed by atoms with Crippen LogP contribution in [0.3, 0.4) is 0 Å². The number of hydrogen-bond donors (Lipinski definition) is 3. The number of rotatable bonds is 4. The predicted octanol–water partition coefficient (Wildman–Crippen LogP) is 1.70. The second kappa shape index (κ2) is 6.26. The zero-order valence-corrected chi connectivity index (χ0v) is 11.1. The summed E-state index contributed by atoms with van der Waals surface area (Å²) in [6, 6.07) is 7.09. The summed E-state index contributed by atoms with van der Waals surface area (Å²) in [4.78, 5) is 11.5. The Morgan fingerprint density at radius 3 is 2.79 bits per heavy atom. The highest BCUT2D eigenvalue weighted by molar-refractivity contribution is 7.13. The average Bonchev–Trinajstić information content (AvgIpc) is 2.89. The smallest absolute Gasteiger partial charge is 0.321 e. The van der Waals surface area contributed by atoms with Gasteiger partial charge in [0.05, 0.1) is 6.10 Å². The molecule has 1 atom stereocenters. The van der Waals surface area contributed by atoms with E-state index in [9.17, 15) is 9.90 Å². The van der Waals surface area contributed by atoms with Crippen LogP contribution in [0, 0.1) is 6.92 Å². The molecule has 100 valence electrons. The van der Waals surface area contributed by atoms with Gasteiger partial charge in [0.2, 0.25) is 5.13 Å². The maximum Gasteiger partial charge on any atom is 0.321 e. The number of aliphatic hydroxyl groups excluding tert-OH is 1. The predicted molar refractivity (Wildman–Crippen MR) is 73.1 cm³/mol. The normalized spacial score (nSPS) is 11.9. The van der Waals surface area contributed by atoms with E-state index in [0.29, 0.717) is 5.13 Å². The zero-order chi connectivity index (χ0) is 13.7. The molecule has 0 saturated carbocycles. The third-order valence-corrected chi connectivity index (χ3v) is 3.11. The van der Waals surface area contributed by atoms with Crippen LogP contribution in [0.15, 0.2) is 29.8 Å². The van der Waals surface area contributed by atoms with Gasteiger partial charge in [0.25, 0.3) is 0 Å². The number of amides is 2. The topological polar surface area (TPSA) is 87.1 Å². The number of nitrogens with zero attached hydrogens (tertiary/aromatic N) is 2. The summed E-state index contributed by atoms with van der Waals surface area (Å²) in [7, 11) is 0. The fourth-order valence-corrected chi connectivity index (χ4v) is 1.90. The highest BCUT2D eigenvalue weighted by atomic mass is 32.1. The first-order valence-electron chi connectivity index (χ1n) is 5.71. The fourth-order valence-electron chi connectivity index (χ4n) is 1.46. The van der Waals surface area contributed by atoms with Gasteiger partial charge in [0, 0.05) is 6.54 Å². The molecule has 2 rings (SSSR count). The number of benzene rings is 1. The lowest BCUT2D eigenvalue weighted by Crippen LogP contribution is -2.32. The molecule has 1 heterocycles. The molecular weight excluding hydrogens is 264 g/mol. The summed E-state index contributed by atoms with van der Waals surface area (Å²) in [5.41, 5.74) is 3.41. The largest absolute Gasteiger partial charge is 0.387 e. The monoisotopic (exact) mass is 278 g/mol. The second-order valence-corrected chi connectivity index (χ2v) is 4.84. The maximum atomic E-state index is 11.5. The highest BCUT2D eigenvalue weighted by Gasteiger charge is 2.10. The van der Waals surface area contributed by atoms with Crippen LogP contribution in [-0.4, -0.2) is 27.9 Å². The molecule has 6 nitrogen and oxygen atoms in total. The van der Waals surface area contributed by atoms with Gasteiger partial charge in [-0.1, -0.05) is 41.2 Å². The van der Waals surface area contributed by atoms with Crippen molar-refractivity contribution in [3.05, 3.63) is 40.9 Å². The quantitative estimate of drug-likeness (QED) is 0.794. The molecular formula is C12H14N4O2S. The first-order chi connectivity index (χ1) is 9.15. The average molecular weight is 278 g/mol. The summed E-state index contributed by atoms with van der Waals surface area (Å²) in [5.74, 6) is 0. The number of carbonyl (C=O) groups excluding carboxylic acids is 1. The van der Waals surface area contributed by atoms with Crippen LogP contribution >= 0.6 is 11.3 Å². The molecule has 2 aromatic rings. The third kappa shape index (κ3) is 4.01. The van der Waals surface area contributed by atoms with Crippen LogP contribution in [0.5, 0.6) is 0 Å².